The Morgan fingerprint density at radius 1 is 1.41 bits per heavy atom. The van der Waals surface area contributed by atoms with Gasteiger partial charge in [0.2, 0.25) is 0 Å². The normalized spacial score (nSPS) is 24.5. The molecule has 0 aromatic heterocycles. The molecule has 0 fully saturated rings. The minimum atomic E-state index is -1.10. The Balaban J connectivity index is 3.14. The lowest BCUT2D eigenvalue weighted by Gasteiger charge is -2.36. The van der Waals surface area contributed by atoms with Crippen molar-refractivity contribution >= 4 is 12.1 Å². The van der Waals surface area contributed by atoms with E-state index in [0.29, 0.717) is 0 Å². The van der Waals surface area contributed by atoms with Gasteiger partial charge in [0.1, 0.15) is 0 Å². The van der Waals surface area contributed by atoms with Gasteiger partial charge in [-0.05, 0) is 18.4 Å². The summed E-state index contributed by atoms with van der Waals surface area (Å²) in [6.07, 6.45) is 0.559. The fourth-order valence-corrected chi connectivity index (χ4v) is 2.43. The van der Waals surface area contributed by atoms with Gasteiger partial charge in [0.15, 0.2) is 6.04 Å². The predicted octanol–water partition coefficient (Wildman–Crippen LogP) is 1.88. The Kier molecular flexibility index (Phi) is 3.50. The molecule has 0 aliphatic carbocycles. The zero-order chi connectivity index (χ0) is 13.4. The molecule has 96 valence electrons. The van der Waals surface area contributed by atoms with Gasteiger partial charge < -0.3 is 9.84 Å². The molecule has 17 heavy (non-hydrogen) atoms. The van der Waals surface area contributed by atoms with Crippen LogP contribution in [0.5, 0.6) is 0 Å². The summed E-state index contributed by atoms with van der Waals surface area (Å²) < 4.78 is 4.64. The van der Waals surface area contributed by atoms with Gasteiger partial charge in [-0.15, -0.1) is 0 Å². The van der Waals surface area contributed by atoms with Crippen LogP contribution in [0.15, 0.2) is 11.6 Å². The molecule has 1 aliphatic rings. The van der Waals surface area contributed by atoms with Crippen LogP contribution < -0.4 is 0 Å². The summed E-state index contributed by atoms with van der Waals surface area (Å²) in [5, 5.41) is 9.26. The average molecular weight is 241 g/mol. The van der Waals surface area contributed by atoms with E-state index in [1.54, 1.807) is 6.08 Å². The molecule has 1 N–H and O–H groups in total. The van der Waals surface area contributed by atoms with Crippen LogP contribution in [0.2, 0.25) is 0 Å². The molecule has 0 spiro atoms. The minimum Gasteiger partial charge on any atom is -0.467 e. The van der Waals surface area contributed by atoms with E-state index in [1.807, 2.05) is 27.7 Å². The Morgan fingerprint density at radius 2 is 1.94 bits per heavy atom. The zero-order valence-electron chi connectivity index (χ0n) is 10.9. The zero-order valence-corrected chi connectivity index (χ0v) is 10.9. The highest BCUT2D eigenvalue weighted by atomic mass is 16.5. The minimum absolute atomic E-state index is 0.262. The van der Waals surface area contributed by atoms with E-state index >= 15 is 0 Å². The first-order chi connectivity index (χ1) is 7.70. The van der Waals surface area contributed by atoms with Crippen molar-refractivity contribution in [2.45, 2.75) is 39.8 Å². The summed E-state index contributed by atoms with van der Waals surface area (Å²) in [5.74, 6) is -0.543. The third-order valence-corrected chi connectivity index (χ3v) is 2.91. The number of ether oxygens (including phenoxy) is 1. The number of carboxylic acid groups (broad SMARTS) is 1. The van der Waals surface area contributed by atoms with Gasteiger partial charge in [-0.2, -0.15) is 0 Å². The molecular weight excluding hydrogens is 222 g/mol. The summed E-state index contributed by atoms with van der Waals surface area (Å²) in [5.41, 5.74) is 0.622. The van der Waals surface area contributed by atoms with Crippen LogP contribution in [0, 0.1) is 5.41 Å². The number of amides is 1. The Labute approximate surface area is 101 Å². The fourth-order valence-electron chi connectivity index (χ4n) is 2.43. The van der Waals surface area contributed by atoms with Gasteiger partial charge in [-0.25, -0.2) is 9.59 Å². The number of nitrogens with zero attached hydrogens (tertiary/aromatic N) is 1. The highest BCUT2D eigenvalue weighted by molar-refractivity contribution is 5.84. The summed E-state index contributed by atoms with van der Waals surface area (Å²) in [6.45, 7) is 7.69. The Morgan fingerprint density at radius 3 is 2.29 bits per heavy atom. The molecule has 0 radical (unpaired) electrons. The van der Waals surface area contributed by atoms with Crippen molar-refractivity contribution in [3.05, 3.63) is 11.6 Å². The molecule has 5 heteroatoms. The molecule has 0 bridgehead atoms. The summed E-state index contributed by atoms with van der Waals surface area (Å²) in [4.78, 5) is 24.1. The van der Waals surface area contributed by atoms with Crippen LogP contribution >= 0.6 is 0 Å². The van der Waals surface area contributed by atoms with E-state index in [2.05, 4.69) is 4.74 Å². The molecule has 0 aromatic carbocycles. The van der Waals surface area contributed by atoms with E-state index in [4.69, 9.17) is 0 Å². The number of rotatable bonds is 1. The molecule has 5 nitrogen and oxygen atoms in total. The van der Waals surface area contributed by atoms with Crippen LogP contribution in [0.3, 0.4) is 0 Å². The van der Waals surface area contributed by atoms with Crippen molar-refractivity contribution in [2.24, 2.45) is 5.41 Å². The summed E-state index contributed by atoms with van der Waals surface area (Å²) in [6, 6.07) is -1.13. The number of carbonyl (C=O) groups is 2. The lowest BCUT2D eigenvalue weighted by Crippen LogP contribution is -2.50. The van der Waals surface area contributed by atoms with Crippen molar-refractivity contribution < 1.29 is 19.4 Å². The lowest BCUT2D eigenvalue weighted by molar-refractivity contribution is -0.144. The van der Waals surface area contributed by atoms with Crippen LogP contribution in [0.4, 0.5) is 4.79 Å². The van der Waals surface area contributed by atoms with Crippen LogP contribution in [0.25, 0.3) is 0 Å². The number of methoxy groups -OCH3 is 1. The predicted molar refractivity (Wildman–Crippen MR) is 62.7 cm³/mol. The maximum atomic E-state index is 11.6. The van der Waals surface area contributed by atoms with Crippen LogP contribution in [0.1, 0.15) is 27.7 Å². The van der Waals surface area contributed by atoms with Gasteiger partial charge in [0, 0.05) is 0 Å². The molecule has 1 rings (SSSR count). The molecule has 0 saturated carbocycles. The standard InChI is InChI=1S/C12H19NO4/c1-7-6-8(10(14)17-5)13(11(15)16)9(7)12(2,3)4/h6,8-9H,1-5H3,(H,15,16). The molecular formula is C12H19NO4. The third-order valence-electron chi connectivity index (χ3n) is 2.91. The highest BCUT2D eigenvalue weighted by Gasteiger charge is 2.45. The average Bonchev–Trinajstić information content (AvgIpc) is 2.54. The van der Waals surface area contributed by atoms with E-state index < -0.39 is 18.1 Å². The lowest BCUT2D eigenvalue weighted by atomic mass is 9.83. The second kappa shape index (κ2) is 4.39. The first-order valence-electron chi connectivity index (χ1n) is 5.47. The fraction of sp³-hybridized carbons (Fsp3) is 0.667. The van der Waals surface area contributed by atoms with Crippen LogP contribution in [-0.2, 0) is 9.53 Å². The van der Waals surface area contributed by atoms with Crippen LogP contribution in [-0.4, -0.2) is 41.3 Å². The van der Waals surface area contributed by atoms with E-state index in [-0.39, 0.29) is 11.5 Å². The molecule has 1 heterocycles. The first kappa shape index (κ1) is 13.5. The summed E-state index contributed by atoms with van der Waals surface area (Å²) >= 11 is 0. The number of carbonyl (C=O) groups excluding carboxylic acids is 1. The Bertz CT molecular complexity index is 367. The van der Waals surface area contributed by atoms with Gasteiger partial charge in [0.05, 0.1) is 13.2 Å². The molecule has 1 aliphatic heterocycles. The van der Waals surface area contributed by atoms with Gasteiger partial charge in [-0.3, -0.25) is 4.90 Å². The molecule has 0 aromatic rings. The van der Waals surface area contributed by atoms with Crippen molar-refractivity contribution in [2.75, 3.05) is 7.11 Å². The number of hydrogen-bond acceptors (Lipinski definition) is 3. The second-order valence-corrected chi connectivity index (χ2v) is 5.34. The molecule has 2 unspecified atom stereocenters. The first-order valence-corrected chi connectivity index (χ1v) is 5.47. The molecule has 0 saturated heterocycles. The Hall–Kier alpha value is -1.52. The highest BCUT2D eigenvalue weighted by Crippen LogP contribution is 2.36. The smallest absolute Gasteiger partial charge is 0.408 e. The van der Waals surface area contributed by atoms with Crippen molar-refractivity contribution in [1.29, 1.82) is 0 Å². The third kappa shape index (κ3) is 2.43. The van der Waals surface area contributed by atoms with Gasteiger partial charge in [-0.1, -0.05) is 26.3 Å². The van der Waals surface area contributed by atoms with E-state index in [9.17, 15) is 14.7 Å². The van der Waals surface area contributed by atoms with Gasteiger partial charge in [0.25, 0.3) is 0 Å². The maximum absolute atomic E-state index is 11.6. The largest absolute Gasteiger partial charge is 0.467 e. The topological polar surface area (TPSA) is 66.8 Å². The number of hydrogen-bond donors (Lipinski definition) is 1. The van der Waals surface area contributed by atoms with E-state index in [1.165, 1.54) is 12.0 Å². The quantitative estimate of drug-likeness (QED) is 0.562. The SMILES string of the molecule is COC(=O)C1C=C(C)C(C(C)(C)C)N1C(=O)O. The van der Waals surface area contributed by atoms with Crippen molar-refractivity contribution in [3.8, 4) is 0 Å². The molecule has 2 atom stereocenters. The number of esters is 1. The maximum Gasteiger partial charge on any atom is 0.408 e. The summed E-state index contributed by atoms with van der Waals surface area (Å²) in [7, 11) is 1.26. The van der Waals surface area contributed by atoms with Gasteiger partial charge >= 0.3 is 12.1 Å². The second-order valence-electron chi connectivity index (χ2n) is 5.34. The molecule has 1 amide bonds. The monoisotopic (exact) mass is 241 g/mol. The van der Waals surface area contributed by atoms with Crippen molar-refractivity contribution in [1.82, 2.24) is 4.90 Å². The van der Waals surface area contributed by atoms with E-state index in [0.717, 1.165) is 5.57 Å². The van der Waals surface area contributed by atoms with Crippen molar-refractivity contribution in [3.63, 3.8) is 0 Å².